The molecule has 0 saturated heterocycles. The molecule has 2 amide bonds. The minimum Gasteiger partial charge on any atom is -0.343 e. The van der Waals surface area contributed by atoms with E-state index in [1.54, 1.807) is 48.8 Å². The van der Waals surface area contributed by atoms with Crippen molar-refractivity contribution < 1.29 is 9.59 Å². The number of hydrogen-bond acceptors (Lipinski definition) is 4. The number of aromatic nitrogens is 1. The molecular weight excluding hydrogens is 304 g/mol. The van der Waals surface area contributed by atoms with E-state index in [1.165, 1.54) is 6.21 Å². The van der Waals surface area contributed by atoms with E-state index in [0.29, 0.717) is 10.6 Å². The monoisotopic (exact) mass is 316 g/mol. The Morgan fingerprint density at radius 2 is 2.05 bits per heavy atom. The van der Waals surface area contributed by atoms with Crippen LogP contribution in [0.15, 0.2) is 53.9 Å². The lowest BCUT2D eigenvalue weighted by molar-refractivity contribution is -0.120. The van der Waals surface area contributed by atoms with Gasteiger partial charge in [0.2, 0.25) is 0 Å². The van der Waals surface area contributed by atoms with Crippen LogP contribution < -0.4 is 10.7 Å². The van der Waals surface area contributed by atoms with Gasteiger partial charge in [-0.3, -0.25) is 14.6 Å². The fourth-order valence-electron chi connectivity index (χ4n) is 1.57. The van der Waals surface area contributed by atoms with Crippen LogP contribution in [0, 0.1) is 0 Å². The third-order valence-corrected chi connectivity index (χ3v) is 2.94. The molecule has 0 unspecified atom stereocenters. The average Bonchev–Trinajstić information content (AvgIpc) is 2.54. The van der Waals surface area contributed by atoms with Crippen molar-refractivity contribution in [2.45, 2.75) is 0 Å². The predicted molar refractivity (Wildman–Crippen MR) is 83.8 cm³/mol. The maximum absolute atomic E-state index is 11.8. The Hall–Kier alpha value is -2.73. The maximum atomic E-state index is 11.8. The number of nitrogens with one attached hydrogen (secondary N) is 2. The lowest BCUT2D eigenvalue weighted by Gasteiger charge is -2.05. The topological polar surface area (TPSA) is 83.5 Å². The third kappa shape index (κ3) is 4.68. The van der Waals surface area contributed by atoms with Crippen molar-refractivity contribution >= 4 is 29.6 Å². The van der Waals surface area contributed by atoms with Crippen LogP contribution in [0.2, 0.25) is 5.02 Å². The molecule has 0 fully saturated rings. The number of carbonyl (C=O) groups excluding carboxylic acids is 2. The van der Waals surface area contributed by atoms with E-state index >= 15 is 0 Å². The van der Waals surface area contributed by atoms with E-state index in [4.69, 9.17) is 11.6 Å². The largest absolute Gasteiger partial charge is 0.343 e. The van der Waals surface area contributed by atoms with Gasteiger partial charge in [-0.2, -0.15) is 5.10 Å². The molecule has 0 aliphatic heterocycles. The summed E-state index contributed by atoms with van der Waals surface area (Å²) in [6.07, 6.45) is 4.70. The minimum absolute atomic E-state index is 0.200. The van der Waals surface area contributed by atoms with E-state index in [1.807, 2.05) is 0 Å². The highest BCUT2D eigenvalue weighted by Crippen LogP contribution is 2.14. The Balaban J connectivity index is 1.80. The second-order valence-electron chi connectivity index (χ2n) is 4.24. The van der Waals surface area contributed by atoms with E-state index < -0.39 is 11.8 Å². The highest BCUT2D eigenvalue weighted by atomic mass is 35.5. The summed E-state index contributed by atoms with van der Waals surface area (Å²) >= 11 is 5.90. The Morgan fingerprint density at radius 1 is 1.23 bits per heavy atom. The van der Waals surface area contributed by atoms with Gasteiger partial charge < -0.3 is 5.32 Å². The molecule has 112 valence electrons. The second kappa shape index (κ2) is 7.90. The molecule has 1 aromatic carbocycles. The first-order valence-electron chi connectivity index (χ1n) is 6.41. The van der Waals surface area contributed by atoms with Crippen LogP contribution in [0.1, 0.15) is 15.9 Å². The Kier molecular flexibility index (Phi) is 5.62. The normalized spacial score (nSPS) is 10.4. The van der Waals surface area contributed by atoms with Crippen molar-refractivity contribution in [2.24, 2.45) is 5.10 Å². The van der Waals surface area contributed by atoms with Crippen molar-refractivity contribution in [3.63, 3.8) is 0 Å². The number of pyridine rings is 1. The quantitative estimate of drug-likeness (QED) is 0.649. The number of nitrogens with zero attached hydrogens (tertiary/aromatic N) is 2. The maximum Gasteiger partial charge on any atom is 0.259 e. The number of hydrazone groups is 1. The molecular formula is C15H13ClN4O2. The number of halogens is 1. The Labute approximate surface area is 132 Å². The molecule has 7 heteroatoms. The zero-order chi connectivity index (χ0) is 15.8. The van der Waals surface area contributed by atoms with Gasteiger partial charge in [0.05, 0.1) is 23.3 Å². The van der Waals surface area contributed by atoms with Crippen LogP contribution in [0.25, 0.3) is 0 Å². The molecule has 6 nitrogen and oxygen atoms in total. The first-order chi connectivity index (χ1) is 10.7. The summed E-state index contributed by atoms with van der Waals surface area (Å²) in [7, 11) is 0. The molecule has 2 rings (SSSR count). The molecule has 0 atom stereocenters. The number of benzene rings is 1. The Bertz CT molecular complexity index is 689. The fourth-order valence-corrected chi connectivity index (χ4v) is 1.79. The second-order valence-corrected chi connectivity index (χ2v) is 4.65. The molecule has 22 heavy (non-hydrogen) atoms. The first kappa shape index (κ1) is 15.7. The van der Waals surface area contributed by atoms with Crippen LogP contribution in [0.4, 0.5) is 0 Å². The molecule has 0 aliphatic rings. The van der Waals surface area contributed by atoms with Gasteiger partial charge in [0, 0.05) is 18.0 Å². The number of hydrogen-bond donors (Lipinski definition) is 2. The molecule has 1 heterocycles. The third-order valence-electron chi connectivity index (χ3n) is 2.62. The van der Waals surface area contributed by atoms with E-state index in [-0.39, 0.29) is 6.54 Å². The van der Waals surface area contributed by atoms with Crippen LogP contribution in [0.5, 0.6) is 0 Å². The minimum atomic E-state index is -0.444. The standard InChI is InChI=1S/C15H13ClN4O2/c16-13-6-2-1-5-12(13)15(22)18-10-14(21)20-19-9-11-4-3-7-17-8-11/h1-9H,10H2,(H,18,22)(H,20,21)/b19-9-. The molecule has 0 spiro atoms. The Morgan fingerprint density at radius 3 is 2.77 bits per heavy atom. The van der Waals surface area contributed by atoms with E-state index in [0.717, 1.165) is 5.56 Å². The number of amides is 2. The molecule has 0 saturated carbocycles. The van der Waals surface area contributed by atoms with E-state index in [9.17, 15) is 9.59 Å². The van der Waals surface area contributed by atoms with Crippen LogP contribution >= 0.6 is 11.6 Å². The summed E-state index contributed by atoms with van der Waals surface area (Å²) in [5, 5.41) is 6.56. The lowest BCUT2D eigenvalue weighted by Crippen LogP contribution is -2.35. The molecule has 0 radical (unpaired) electrons. The van der Waals surface area contributed by atoms with Gasteiger partial charge in [-0.05, 0) is 18.2 Å². The van der Waals surface area contributed by atoms with Crippen LogP contribution in [-0.2, 0) is 4.79 Å². The number of rotatable bonds is 5. The lowest BCUT2D eigenvalue weighted by atomic mass is 10.2. The summed E-state index contributed by atoms with van der Waals surface area (Å²) in [5.74, 6) is -0.863. The molecule has 1 aromatic heterocycles. The van der Waals surface area contributed by atoms with Gasteiger partial charge in [0.1, 0.15) is 0 Å². The smallest absolute Gasteiger partial charge is 0.259 e. The molecule has 0 aliphatic carbocycles. The van der Waals surface area contributed by atoms with Gasteiger partial charge in [0.15, 0.2) is 0 Å². The van der Waals surface area contributed by atoms with Gasteiger partial charge in [-0.1, -0.05) is 29.8 Å². The zero-order valence-corrected chi connectivity index (χ0v) is 12.2. The highest BCUT2D eigenvalue weighted by Gasteiger charge is 2.10. The van der Waals surface area contributed by atoms with Gasteiger partial charge in [0.25, 0.3) is 11.8 Å². The summed E-state index contributed by atoms with van der Waals surface area (Å²) in [6, 6.07) is 10.2. The molecule has 2 aromatic rings. The van der Waals surface area contributed by atoms with Crippen LogP contribution in [-0.4, -0.2) is 29.6 Å². The SMILES string of the molecule is O=C(CNC(=O)c1ccccc1Cl)N/N=C\c1cccnc1. The summed E-state index contributed by atoms with van der Waals surface area (Å²) in [4.78, 5) is 27.3. The van der Waals surface area contributed by atoms with Crippen molar-refractivity contribution in [2.75, 3.05) is 6.54 Å². The van der Waals surface area contributed by atoms with Crippen molar-refractivity contribution in [3.05, 3.63) is 64.9 Å². The summed E-state index contributed by atoms with van der Waals surface area (Å²) < 4.78 is 0. The summed E-state index contributed by atoms with van der Waals surface area (Å²) in [6.45, 7) is -0.200. The average molecular weight is 317 g/mol. The highest BCUT2D eigenvalue weighted by molar-refractivity contribution is 6.33. The zero-order valence-electron chi connectivity index (χ0n) is 11.5. The van der Waals surface area contributed by atoms with Crippen molar-refractivity contribution in [1.29, 1.82) is 0 Å². The van der Waals surface area contributed by atoms with Gasteiger partial charge >= 0.3 is 0 Å². The fraction of sp³-hybridized carbons (Fsp3) is 0.0667. The molecule has 2 N–H and O–H groups in total. The van der Waals surface area contributed by atoms with Crippen LogP contribution in [0.3, 0.4) is 0 Å². The van der Waals surface area contributed by atoms with E-state index in [2.05, 4.69) is 20.8 Å². The van der Waals surface area contributed by atoms with Gasteiger partial charge in [-0.25, -0.2) is 5.43 Å². The van der Waals surface area contributed by atoms with Gasteiger partial charge in [-0.15, -0.1) is 0 Å². The summed E-state index contributed by atoms with van der Waals surface area (Å²) in [5.41, 5.74) is 3.38. The first-order valence-corrected chi connectivity index (χ1v) is 6.79. The van der Waals surface area contributed by atoms with Crippen molar-refractivity contribution in [1.82, 2.24) is 15.7 Å². The molecule has 0 bridgehead atoms. The predicted octanol–water partition coefficient (Wildman–Crippen LogP) is 1.62. The van der Waals surface area contributed by atoms with Crippen molar-refractivity contribution in [3.8, 4) is 0 Å². The number of carbonyl (C=O) groups is 2.